The monoisotopic (exact) mass is 264 g/mol. The molecule has 2 heterocycles. The molecule has 0 aliphatic carbocycles. The summed E-state index contributed by atoms with van der Waals surface area (Å²) in [6, 6.07) is 1.04. The Balaban J connectivity index is 2.26. The van der Waals surface area contributed by atoms with Crippen molar-refractivity contribution >= 4 is 5.69 Å². The Morgan fingerprint density at radius 2 is 2.11 bits per heavy atom. The summed E-state index contributed by atoms with van der Waals surface area (Å²) in [5.74, 6) is 0. The minimum Gasteiger partial charge on any atom is -0.363 e. The van der Waals surface area contributed by atoms with Gasteiger partial charge in [0.1, 0.15) is 0 Å². The number of hydrogen-bond acceptors (Lipinski definition) is 3. The summed E-state index contributed by atoms with van der Waals surface area (Å²) in [6.07, 6.45) is 3.16. The van der Waals surface area contributed by atoms with E-state index < -0.39 is 0 Å². The molecule has 0 aromatic carbocycles. The first-order valence-electron chi connectivity index (χ1n) is 7.35. The molecule has 1 saturated heterocycles. The highest BCUT2D eigenvalue weighted by Gasteiger charge is 2.33. The van der Waals surface area contributed by atoms with Crippen LogP contribution in [0, 0.1) is 5.41 Å². The van der Waals surface area contributed by atoms with Crippen LogP contribution >= 0.6 is 0 Å². The number of aromatic nitrogens is 2. The highest BCUT2D eigenvalue weighted by atomic mass is 15.3. The summed E-state index contributed by atoms with van der Waals surface area (Å²) >= 11 is 0. The van der Waals surface area contributed by atoms with Gasteiger partial charge in [-0.25, -0.2) is 0 Å². The van der Waals surface area contributed by atoms with Gasteiger partial charge >= 0.3 is 0 Å². The topological polar surface area (TPSA) is 33.1 Å². The van der Waals surface area contributed by atoms with Gasteiger partial charge in [0.2, 0.25) is 0 Å². The largest absolute Gasteiger partial charge is 0.363 e. The van der Waals surface area contributed by atoms with E-state index in [1.165, 1.54) is 11.4 Å². The van der Waals surface area contributed by atoms with E-state index >= 15 is 0 Å². The SMILES string of the molecule is CCc1nn(C)cc1N1CC(C(C)(C)C)NCC1C. The predicted octanol–water partition coefficient (Wildman–Crippen LogP) is 2.20. The number of nitrogens with zero attached hydrogens (tertiary/aromatic N) is 3. The molecule has 1 aliphatic rings. The predicted molar refractivity (Wildman–Crippen MR) is 80.6 cm³/mol. The van der Waals surface area contributed by atoms with Crippen LogP contribution in [0.15, 0.2) is 6.20 Å². The van der Waals surface area contributed by atoms with Crippen molar-refractivity contribution in [2.45, 2.75) is 53.1 Å². The van der Waals surface area contributed by atoms with Crippen LogP contribution in [-0.2, 0) is 13.5 Å². The second-order valence-corrected chi connectivity index (χ2v) is 6.82. The molecule has 0 spiro atoms. The Morgan fingerprint density at radius 1 is 1.42 bits per heavy atom. The maximum absolute atomic E-state index is 4.58. The summed E-state index contributed by atoms with van der Waals surface area (Å²) < 4.78 is 1.94. The Morgan fingerprint density at radius 3 is 2.68 bits per heavy atom. The van der Waals surface area contributed by atoms with Crippen molar-refractivity contribution in [2.24, 2.45) is 12.5 Å². The average Bonchev–Trinajstić information content (AvgIpc) is 2.69. The van der Waals surface area contributed by atoms with E-state index in [0.717, 1.165) is 19.5 Å². The van der Waals surface area contributed by atoms with Crippen LogP contribution in [0.4, 0.5) is 5.69 Å². The van der Waals surface area contributed by atoms with Gasteiger partial charge in [-0.2, -0.15) is 5.10 Å². The van der Waals surface area contributed by atoms with Crippen molar-refractivity contribution in [1.29, 1.82) is 0 Å². The first-order valence-corrected chi connectivity index (χ1v) is 7.35. The molecule has 19 heavy (non-hydrogen) atoms. The molecule has 0 saturated carbocycles. The maximum atomic E-state index is 4.58. The lowest BCUT2D eigenvalue weighted by atomic mass is 9.84. The van der Waals surface area contributed by atoms with E-state index in [1.807, 2.05) is 11.7 Å². The number of rotatable bonds is 2. The standard InChI is InChI=1S/C15H28N4/c1-7-12-13(9-18(6)17-12)19-10-14(15(3,4)5)16-8-11(19)2/h9,11,14,16H,7-8,10H2,1-6H3. The zero-order valence-electron chi connectivity index (χ0n) is 13.2. The highest BCUT2D eigenvalue weighted by Crippen LogP contribution is 2.29. The highest BCUT2D eigenvalue weighted by molar-refractivity contribution is 5.51. The van der Waals surface area contributed by atoms with Gasteiger partial charge in [0.15, 0.2) is 0 Å². The third-order valence-electron chi connectivity index (χ3n) is 4.14. The van der Waals surface area contributed by atoms with Crippen molar-refractivity contribution in [3.8, 4) is 0 Å². The van der Waals surface area contributed by atoms with Gasteiger partial charge in [0.25, 0.3) is 0 Å². The molecule has 1 aromatic heterocycles. The van der Waals surface area contributed by atoms with E-state index in [9.17, 15) is 0 Å². The molecule has 4 heteroatoms. The van der Waals surface area contributed by atoms with Gasteiger partial charge in [0.05, 0.1) is 11.4 Å². The van der Waals surface area contributed by atoms with E-state index in [2.05, 4.69) is 56.1 Å². The van der Waals surface area contributed by atoms with E-state index in [-0.39, 0.29) is 5.41 Å². The molecule has 2 atom stereocenters. The number of nitrogens with one attached hydrogen (secondary N) is 1. The van der Waals surface area contributed by atoms with Crippen LogP contribution in [-0.4, -0.2) is 35.0 Å². The molecular formula is C15H28N4. The van der Waals surface area contributed by atoms with Crippen LogP contribution in [0.3, 0.4) is 0 Å². The molecule has 2 rings (SSSR count). The Hall–Kier alpha value is -1.03. The first-order chi connectivity index (χ1) is 8.82. The molecule has 1 fully saturated rings. The number of aryl methyl sites for hydroxylation is 2. The van der Waals surface area contributed by atoms with Crippen molar-refractivity contribution in [1.82, 2.24) is 15.1 Å². The second-order valence-electron chi connectivity index (χ2n) is 6.82. The van der Waals surface area contributed by atoms with Crippen molar-refractivity contribution < 1.29 is 0 Å². The second kappa shape index (κ2) is 5.16. The average molecular weight is 264 g/mol. The van der Waals surface area contributed by atoms with E-state index in [4.69, 9.17) is 0 Å². The molecule has 1 aromatic rings. The quantitative estimate of drug-likeness (QED) is 0.889. The van der Waals surface area contributed by atoms with E-state index in [0.29, 0.717) is 12.1 Å². The lowest BCUT2D eigenvalue weighted by molar-refractivity contribution is 0.238. The fourth-order valence-electron chi connectivity index (χ4n) is 2.79. The molecule has 4 nitrogen and oxygen atoms in total. The third-order valence-corrected chi connectivity index (χ3v) is 4.14. The summed E-state index contributed by atoms with van der Waals surface area (Å²) in [6.45, 7) is 13.5. The summed E-state index contributed by atoms with van der Waals surface area (Å²) in [4.78, 5) is 2.53. The van der Waals surface area contributed by atoms with Crippen molar-refractivity contribution in [3.05, 3.63) is 11.9 Å². The fourth-order valence-corrected chi connectivity index (χ4v) is 2.79. The first kappa shape index (κ1) is 14.4. The zero-order chi connectivity index (χ0) is 14.2. The number of piperazine rings is 1. The van der Waals surface area contributed by atoms with Gasteiger partial charge in [-0.15, -0.1) is 0 Å². The summed E-state index contributed by atoms with van der Waals surface area (Å²) in [5, 5.41) is 8.26. The van der Waals surface area contributed by atoms with Crippen LogP contribution < -0.4 is 10.2 Å². The minimum atomic E-state index is 0.285. The number of hydrogen-bond donors (Lipinski definition) is 1. The molecule has 0 radical (unpaired) electrons. The lowest BCUT2D eigenvalue weighted by Crippen LogP contribution is -2.59. The molecule has 0 amide bonds. The van der Waals surface area contributed by atoms with Crippen LogP contribution in [0.1, 0.15) is 40.3 Å². The summed E-state index contributed by atoms with van der Waals surface area (Å²) in [7, 11) is 2.01. The fraction of sp³-hybridized carbons (Fsp3) is 0.800. The lowest BCUT2D eigenvalue weighted by Gasteiger charge is -2.45. The molecule has 1 N–H and O–H groups in total. The molecular weight excluding hydrogens is 236 g/mol. The molecule has 0 bridgehead atoms. The third kappa shape index (κ3) is 2.94. The molecule has 2 unspecified atom stereocenters. The van der Waals surface area contributed by atoms with Crippen molar-refractivity contribution in [3.63, 3.8) is 0 Å². The van der Waals surface area contributed by atoms with Crippen LogP contribution in [0.2, 0.25) is 0 Å². The Labute approximate surface area is 117 Å². The number of anilines is 1. The Bertz CT molecular complexity index is 430. The van der Waals surface area contributed by atoms with Crippen LogP contribution in [0.25, 0.3) is 0 Å². The van der Waals surface area contributed by atoms with Gasteiger partial charge in [-0.1, -0.05) is 27.7 Å². The van der Waals surface area contributed by atoms with Gasteiger partial charge in [-0.05, 0) is 18.8 Å². The molecule has 108 valence electrons. The summed E-state index contributed by atoms with van der Waals surface area (Å²) in [5.41, 5.74) is 2.81. The van der Waals surface area contributed by atoms with Gasteiger partial charge in [0, 0.05) is 38.4 Å². The smallest absolute Gasteiger partial charge is 0.0855 e. The van der Waals surface area contributed by atoms with Crippen molar-refractivity contribution in [2.75, 3.05) is 18.0 Å². The van der Waals surface area contributed by atoms with E-state index in [1.54, 1.807) is 0 Å². The minimum absolute atomic E-state index is 0.285. The van der Waals surface area contributed by atoms with Gasteiger partial charge < -0.3 is 10.2 Å². The normalized spacial score (nSPS) is 24.8. The van der Waals surface area contributed by atoms with Gasteiger partial charge in [-0.3, -0.25) is 4.68 Å². The molecule has 1 aliphatic heterocycles. The Kier molecular flexibility index (Phi) is 3.90. The zero-order valence-corrected chi connectivity index (χ0v) is 13.2. The van der Waals surface area contributed by atoms with Crippen LogP contribution in [0.5, 0.6) is 0 Å². The maximum Gasteiger partial charge on any atom is 0.0855 e.